The van der Waals surface area contributed by atoms with Crippen molar-refractivity contribution < 1.29 is 14.6 Å². The van der Waals surface area contributed by atoms with E-state index < -0.39 is 0 Å². The molecule has 2 saturated carbocycles. The fraction of sp³-hybridized carbons (Fsp3) is 0.773. The Kier molecular flexibility index (Phi) is 6.53. The first-order chi connectivity index (χ1) is 11.8. The zero-order valence-electron chi connectivity index (χ0n) is 16.6. The van der Waals surface area contributed by atoms with Gasteiger partial charge in [0.2, 0.25) is 0 Å². The van der Waals surface area contributed by atoms with Crippen molar-refractivity contribution in [2.75, 3.05) is 13.7 Å². The van der Waals surface area contributed by atoms with E-state index in [1.165, 1.54) is 24.7 Å². The molecule has 0 bridgehead atoms. The Balaban J connectivity index is 2.18. The molecular weight excluding hydrogens is 312 g/mol. The first-order valence-corrected chi connectivity index (χ1v) is 9.82. The lowest BCUT2D eigenvalue weighted by Gasteiger charge is -2.57. The maximum Gasteiger partial charge on any atom is 0.311 e. The minimum atomic E-state index is -0.354. The van der Waals surface area contributed by atoms with E-state index in [0.717, 1.165) is 44.9 Å². The van der Waals surface area contributed by atoms with Crippen molar-refractivity contribution in [3.63, 3.8) is 0 Å². The average Bonchev–Trinajstić information content (AvgIpc) is 2.56. The number of carbonyl (C=O) groups is 1. The second-order valence-corrected chi connectivity index (χ2v) is 8.70. The van der Waals surface area contributed by atoms with Crippen molar-refractivity contribution in [1.29, 1.82) is 0 Å². The second-order valence-electron chi connectivity index (χ2n) is 8.70. The zero-order valence-corrected chi connectivity index (χ0v) is 16.6. The molecule has 0 heterocycles. The van der Waals surface area contributed by atoms with Crippen molar-refractivity contribution in [3.05, 3.63) is 23.8 Å². The van der Waals surface area contributed by atoms with E-state index in [1.54, 1.807) is 0 Å². The van der Waals surface area contributed by atoms with Crippen LogP contribution in [0.2, 0.25) is 0 Å². The van der Waals surface area contributed by atoms with Crippen molar-refractivity contribution in [3.8, 4) is 0 Å². The van der Waals surface area contributed by atoms with E-state index in [9.17, 15) is 4.79 Å². The van der Waals surface area contributed by atoms with Crippen molar-refractivity contribution in [2.45, 2.75) is 72.1 Å². The fourth-order valence-electron chi connectivity index (χ4n) is 5.80. The molecule has 0 aliphatic heterocycles. The topological polar surface area (TPSA) is 46.5 Å². The first-order valence-electron chi connectivity index (χ1n) is 9.82. The van der Waals surface area contributed by atoms with Gasteiger partial charge in [-0.15, -0.1) is 0 Å². The van der Waals surface area contributed by atoms with E-state index in [0.29, 0.717) is 11.8 Å². The SMILES string of the molecule is C=C1CCC2C(C)(C(=O)OC)CCCC2(C)C1CCCC(C)=CCO. The molecule has 4 atom stereocenters. The highest BCUT2D eigenvalue weighted by Gasteiger charge is 2.57. The fourth-order valence-corrected chi connectivity index (χ4v) is 5.80. The Bertz CT molecular complexity index is 535. The molecule has 2 fully saturated rings. The zero-order chi connectivity index (χ0) is 18.7. The molecule has 3 nitrogen and oxygen atoms in total. The number of fused-ring (bicyclic) bond motifs is 1. The molecule has 142 valence electrons. The maximum absolute atomic E-state index is 12.6. The minimum absolute atomic E-state index is 0.0311. The Morgan fingerprint density at radius 1 is 1.40 bits per heavy atom. The lowest BCUT2D eigenvalue weighted by molar-refractivity contribution is -0.168. The molecule has 0 saturated heterocycles. The third kappa shape index (κ3) is 3.86. The number of hydrogen-bond acceptors (Lipinski definition) is 3. The number of hydrogen-bond donors (Lipinski definition) is 1. The molecule has 0 aromatic carbocycles. The summed E-state index contributed by atoms with van der Waals surface area (Å²) in [4.78, 5) is 12.6. The van der Waals surface area contributed by atoms with Crippen molar-refractivity contribution in [1.82, 2.24) is 0 Å². The van der Waals surface area contributed by atoms with Gasteiger partial charge in [-0.3, -0.25) is 4.79 Å². The van der Waals surface area contributed by atoms with E-state index in [2.05, 4.69) is 27.4 Å². The molecule has 2 aliphatic rings. The molecule has 1 N–H and O–H groups in total. The predicted octanol–water partition coefficient (Wildman–Crippen LogP) is 5.05. The molecule has 0 aromatic rings. The highest BCUT2D eigenvalue weighted by atomic mass is 16.5. The smallest absolute Gasteiger partial charge is 0.311 e. The van der Waals surface area contributed by atoms with Gasteiger partial charge >= 0.3 is 5.97 Å². The van der Waals surface area contributed by atoms with Gasteiger partial charge < -0.3 is 9.84 Å². The van der Waals surface area contributed by atoms with Crippen LogP contribution in [0.1, 0.15) is 72.1 Å². The van der Waals surface area contributed by atoms with Gasteiger partial charge in [-0.1, -0.05) is 37.1 Å². The van der Waals surface area contributed by atoms with E-state index in [-0.39, 0.29) is 23.4 Å². The monoisotopic (exact) mass is 348 g/mol. The number of carbonyl (C=O) groups excluding carboxylic acids is 1. The van der Waals surface area contributed by atoms with Crippen LogP contribution in [0.5, 0.6) is 0 Å². The number of aliphatic hydroxyl groups excluding tert-OH is 1. The number of methoxy groups -OCH3 is 1. The van der Waals surface area contributed by atoms with Crippen LogP contribution in [-0.2, 0) is 9.53 Å². The number of rotatable bonds is 6. The molecule has 2 aliphatic carbocycles. The Labute approximate surface area is 153 Å². The quantitative estimate of drug-likeness (QED) is 0.540. The standard InChI is InChI=1S/C22H36O3/c1-16(12-15-23)8-6-9-18-17(2)10-11-19-21(18,3)13-7-14-22(19,4)20(24)25-5/h12,18-19,23H,2,6-11,13-15H2,1,3-5H3. The van der Waals surface area contributed by atoms with Crippen LogP contribution in [0, 0.1) is 22.7 Å². The molecular formula is C22H36O3. The number of aliphatic hydroxyl groups is 1. The Morgan fingerprint density at radius 3 is 2.76 bits per heavy atom. The third-order valence-corrected chi connectivity index (χ3v) is 7.18. The van der Waals surface area contributed by atoms with Crippen molar-refractivity contribution >= 4 is 5.97 Å². The number of allylic oxidation sites excluding steroid dienone is 2. The molecule has 2 rings (SSSR count). The normalized spacial score (nSPS) is 36.0. The summed E-state index contributed by atoms with van der Waals surface area (Å²) >= 11 is 0. The first kappa shape index (κ1) is 20.2. The van der Waals surface area contributed by atoms with Gasteiger partial charge in [0.05, 0.1) is 19.1 Å². The maximum atomic E-state index is 12.6. The van der Waals surface area contributed by atoms with Gasteiger partial charge in [-0.2, -0.15) is 0 Å². The number of ether oxygens (including phenoxy) is 1. The summed E-state index contributed by atoms with van der Waals surface area (Å²) in [5.74, 6) is 0.833. The van der Waals surface area contributed by atoms with Crippen LogP contribution in [-0.4, -0.2) is 24.8 Å². The van der Waals surface area contributed by atoms with E-state index in [1.807, 2.05) is 6.08 Å². The average molecular weight is 349 g/mol. The molecule has 0 radical (unpaired) electrons. The van der Waals surface area contributed by atoms with Gasteiger partial charge in [0, 0.05) is 0 Å². The molecule has 0 aromatic heterocycles. The van der Waals surface area contributed by atoms with Crippen molar-refractivity contribution in [2.24, 2.45) is 22.7 Å². The second kappa shape index (κ2) is 8.07. The lowest BCUT2D eigenvalue weighted by atomic mass is 9.46. The lowest BCUT2D eigenvalue weighted by Crippen LogP contribution is -2.53. The largest absolute Gasteiger partial charge is 0.469 e. The van der Waals surface area contributed by atoms with Crippen LogP contribution >= 0.6 is 0 Å². The molecule has 0 spiro atoms. The van der Waals surface area contributed by atoms with Crippen LogP contribution < -0.4 is 0 Å². The summed E-state index contributed by atoms with van der Waals surface area (Å²) in [6, 6.07) is 0. The molecule has 25 heavy (non-hydrogen) atoms. The summed E-state index contributed by atoms with van der Waals surface area (Å²) in [7, 11) is 1.52. The summed E-state index contributed by atoms with van der Waals surface area (Å²) in [5, 5.41) is 9.02. The highest BCUT2D eigenvalue weighted by Crippen LogP contribution is 2.62. The minimum Gasteiger partial charge on any atom is -0.469 e. The third-order valence-electron chi connectivity index (χ3n) is 7.18. The Hall–Kier alpha value is -1.09. The van der Waals surface area contributed by atoms with Gasteiger partial charge in [0.15, 0.2) is 0 Å². The summed E-state index contributed by atoms with van der Waals surface area (Å²) in [6.07, 6.45) is 10.5. The number of esters is 1. The molecule has 0 amide bonds. The van der Waals surface area contributed by atoms with Gasteiger partial charge in [0.1, 0.15) is 0 Å². The van der Waals surface area contributed by atoms with E-state index >= 15 is 0 Å². The summed E-state index contributed by atoms with van der Waals surface area (Å²) < 4.78 is 5.20. The highest BCUT2D eigenvalue weighted by molar-refractivity contribution is 5.77. The van der Waals surface area contributed by atoms with Gasteiger partial charge in [-0.05, 0) is 76.0 Å². The Morgan fingerprint density at radius 2 is 2.12 bits per heavy atom. The molecule has 4 unspecified atom stereocenters. The van der Waals surface area contributed by atoms with Gasteiger partial charge in [0.25, 0.3) is 0 Å². The molecule has 3 heteroatoms. The van der Waals surface area contributed by atoms with Crippen LogP contribution in [0.15, 0.2) is 23.8 Å². The summed E-state index contributed by atoms with van der Waals surface area (Å²) in [5.41, 5.74) is 2.42. The van der Waals surface area contributed by atoms with E-state index in [4.69, 9.17) is 9.84 Å². The van der Waals surface area contributed by atoms with Crippen LogP contribution in [0.3, 0.4) is 0 Å². The summed E-state index contributed by atoms with van der Waals surface area (Å²) in [6.45, 7) is 11.1. The van der Waals surface area contributed by atoms with Crippen LogP contribution in [0.25, 0.3) is 0 Å². The van der Waals surface area contributed by atoms with Crippen LogP contribution in [0.4, 0.5) is 0 Å². The van der Waals surface area contributed by atoms with Gasteiger partial charge in [-0.25, -0.2) is 0 Å². The predicted molar refractivity (Wildman–Crippen MR) is 102 cm³/mol.